The molecule has 0 fully saturated rings. The smallest absolute Gasteiger partial charge is 0.748 e. The van der Waals surface area contributed by atoms with Gasteiger partial charge in [-0.2, -0.15) is 0 Å². The van der Waals surface area contributed by atoms with Crippen LogP contribution in [0.1, 0.15) is 122 Å². The van der Waals surface area contributed by atoms with Gasteiger partial charge in [0.1, 0.15) is 0 Å². The van der Waals surface area contributed by atoms with Crippen molar-refractivity contribution in [2.24, 2.45) is 0 Å². The fourth-order valence-corrected chi connectivity index (χ4v) is 4.37. The molecule has 0 saturated heterocycles. The van der Waals surface area contributed by atoms with E-state index in [1.54, 1.807) is 6.92 Å². The summed E-state index contributed by atoms with van der Waals surface area (Å²) in [6.07, 6.45) is 20.7. The fourth-order valence-electron chi connectivity index (χ4n) is 3.51. The minimum absolute atomic E-state index is 0. The molecule has 1 N–H and O–H groups in total. The fraction of sp³-hybridized carbons (Fsp3) is 1.00. The first-order valence-electron chi connectivity index (χ1n) is 11.1. The van der Waals surface area contributed by atoms with Gasteiger partial charge in [-0.3, -0.25) is 0 Å². The van der Waals surface area contributed by atoms with Gasteiger partial charge in [0, 0.05) is 11.9 Å². The molecule has 0 bridgehead atoms. The zero-order valence-electron chi connectivity index (χ0n) is 18.1. The molecule has 1 unspecified atom stereocenters. The van der Waals surface area contributed by atoms with Crippen LogP contribution in [0, 0.1) is 0 Å². The summed E-state index contributed by atoms with van der Waals surface area (Å²) in [4.78, 5) is 0. The van der Waals surface area contributed by atoms with E-state index in [2.05, 4.69) is 0 Å². The molecule has 6 heteroatoms. The van der Waals surface area contributed by atoms with Crippen LogP contribution in [0.4, 0.5) is 0 Å². The molecule has 0 amide bonds. The van der Waals surface area contributed by atoms with Crippen molar-refractivity contribution in [2.75, 3.05) is 6.61 Å². The molecule has 4 nitrogen and oxygen atoms in total. The summed E-state index contributed by atoms with van der Waals surface area (Å²) < 4.78 is 33.0. The van der Waals surface area contributed by atoms with Gasteiger partial charge in [0.05, 0.1) is 10.1 Å². The number of rotatable bonds is 20. The van der Waals surface area contributed by atoms with Crippen molar-refractivity contribution in [2.45, 2.75) is 128 Å². The van der Waals surface area contributed by atoms with Crippen LogP contribution in [0.15, 0.2) is 0 Å². The van der Waals surface area contributed by atoms with Gasteiger partial charge in [-0.25, -0.2) is 8.42 Å². The van der Waals surface area contributed by atoms with E-state index in [1.807, 2.05) is 0 Å². The summed E-state index contributed by atoms with van der Waals surface area (Å²) >= 11 is 0. The number of hydrogen-bond acceptors (Lipinski definition) is 4. The molecule has 0 saturated carbocycles. The third-order valence-corrected chi connectivity index (χ3v) is 6.68. The molecule has 0 heterocycles. The number of aliphatic hydroxyl groups is 1. The Hall–Kier alpha value is 0.870. The second-order valence-electron chi connectivity index (χ2n) is 7.69. The molecular formula is C21H43NaO4S. The van der Waals surface area contributed by atoms with Gasteiger partial charge in [-0.1, -0.05) is 103 Å². The van der Waals surface area contributed by atoms with Crippen LogP contribution in [-0.4, -0.2) is 29.9 Å². The van der Waals surface area contributed by atoms with Crippen LogP contribution in [0.2, 0.25) is 0 Å². The average molecular weight is 415 g/mol. The average Bonchev–Trinajstić information content (AvgIpc) is 2.59. The quantitative estimate of drug-likeness (QED) is 0.189. The Bertz CT molecular complexity index is 388. The molecule has 0 rings (SSSR count). The van der Waals surface area contributed by atoms with Crippen LogP contribution in [-0.2, 0) is 10.1 Å². The third kappa shape index (κ3) is 21.4. The van der Waals surface area contributed by atoms with Crippen molar-refractivity contribution >= 4 is 10.1 Å². The van der Waals surface area contributed by atoms with Crippen molar-refractivity contribution in [3.63, 3.8) is 0 Å². The first-order chi connectivity index (χ1) is 12.5. The summed E-state index contributed by atoms with van der Waals surface area (Å²) in [5, 5.41) is 8.03. The van der Waals surface area contributed by atoms with Crippen molar-refractivity contribution < 1.29 is 47.6 Å². The maximum Gasteiger partial charge on any atom is 1.00 e. The monoisotopic (exact) mass is 414 g/mol. The largest absolute Gasteiger partial charge is 1.00 e. The zero-order chi connectivity index (χ0) is 19.5. The van der Waals surface area contributed by atoms with Gasteiger partial charge in [0.25, 0.3) is 0 Å². The van der Waals surface area contributed by atoms with Crippen molar-refractivity contribution in [1.29, 1.82) is 0 Å². The van der Waals surface area contributed by atoms with E-state index in [0.717, 1.165) is 25.7 Å². The van der Waals surface area contributed by atoms with Crippen molar-refractivity contribution in [3.05, 3.63) is 0 Å². The van der Waals surface area contributed by atoms with E-state index in [-0.39, 0.29) is 29.6 Å². The Morgan fingerprint density at radius 2 is 0.963 bits per heavy atom. The van der Waals surface area contributed by atoms with E-state index in [4.69, 9.17) is 5.11 Å². The summed E-state index contributed by atoms with van der Waals surface area (Å²) in [6.45, 7) is 2.12. The standard InChI is InChI=1S/C21H44O4S.Na/c1-2-21(26(23,24)25)19-17-15-13-11-9-7-5-3-4-6-8-10-12-14-16-18-20-22;/h21-22H,2-20H2,1H3,(H,23,24,25);/q;+1/p-1. The molecule has 0 aromatic rings. The normalized spacial score (nSPS) is 12.7. The second-order valence-corrected chi connectivity index (χ2v) is 9.34. The van der Waals surface area contributed by atoms with Crippen LogP contribution < -0.4 is 29.6 Å². The van der Waals surface area contributed by atoms with E-state index in [0.29, 0.717) is 19.4 Å². The molecule has 0 radical (unpaired) electrons. The van der Waals surface area contributed by atoms with Gasteiger partial charge < -0.3 is 9.66 Å². The molecule has 0 aliphatic rings. The summed E-state index contributed by atoms with van der Waals surface area (Å²) in [5.74, 6) is 0. The van der Waals surface area contributed by atoms with E-state index >= 15 is 0 Å². The zero-order valence-corrected chi connectivity index (χ0v) is 20.9. The maximum atomic E-state index is 11.0. The SMILES string of the molecule is CCC(CCCCCCCCCCCCCCCCCCO)S(=O)(=O)[O-].[Na+]. The minimum Gasteiger partial charge on any atom is -0.748 e. The second kappa shape index (κ2) is 21.6. The molecular weight excluding hydrogens is 371 g/mol. The Balaban J connectivity index is 0. The molecule has 27 heavy (non-hydrogen) atoms. The first kappa shape index (κ1) is 30.1. The van der Waals surface area contributed by atoms with E-state index in [9.17, 15) is 13.0 Å². The van der Waals surface area contributed by atoms with Gasteiger partial charge in [-0.05, 0) is 19.3 Å². The molecule has 0 aromatic carbocycles. The molecule has 0 aliphatic heterocycles. The number of hydrogen-bond donors (Lipinski definition) is 1. The minimum atomic E-state index is -4.10. The summed E-state index contributed by atoms with van der Waals surface area (Å²) in [5.41, 5.74) is 0. The van der Waals surface area contributed by atoms with Crippen molar-refractivity contribution in [3.8, 4) is 0 Å². The van der Waals surface area contributed by atoms with Crippen molar-refractivity contribution in [1.82, 2.24) is 0 Å². The van der Waals surface area contributed by atoms with E-state index < -0.39 is 15.4 Å². The Morgan fingerprint density at radius 1 is 0.667 bits per heavy atom. The molecule has 0 aliphatic carbocycles. The molecule has 0 spiro atoms. The molecule has 0 aromatic heterocycles. The maximum absolute atomic E-state index is 11.0. The number of aliphatic hydroxyl groups excluding tert-OH is 1. The Morgan fingerprint density at radius 3 is 1.22 bits per heavy atom. The summed E-state index contributed by atoms with van der Waals surface area (Å²) in [7, 11) is -4.10. The van der Waals surface area contributed by atoms with E-state index in [1.165, 1.54) is 77.0 Å². The van der Waals surface area contributed by atoms with Gasteiger partial charge in [0.2, 0.25) is 0 Å². The summed E-state index contributed by atoms with van der Waals surface area (Å²) in [6, 6.07) is 0. The first-order valence-corrected chi connectivity index (χ1v) is 12.5. The third-order valence-electron chi connectivity index (χ3n) is 5.30. The predicted octanol–water partition coefficient (Wildman–Crippen LogP) is 2.94. The van der Waals surface area contributed by atoms with Crippen LogP contribution in [0.5, 0.6) is 0 Å². The number of unbranched alkanes of at least 4 members (excludes halogenated alkanes) is 15. The van der Waals surface area contributed by atoms with Crippen LogP contribution in [0.3, 0.4) is 0 Å². The topological polar surface area (TPSA) is 77.4 Å². The molecule has 158 valence electrons. The molecule has 1 atom stereocenters. The Kier molecular flexibility index (Phi) is 24.0. The van der Waals surface area contributed by atoms with Gasteiger partial charge >= 0.3 is 29.6 Å². The van der Waals surface area contributed by atoms with Gasteiger partial charge in [-0.15, -0.1) is 0 Å². The van der Waals surface area contributed by atoms with Gasteiger partial charge in [0.15, 0.2) is 0 Å². The predicted molar refractivity (Wildman–Crippen MR) is 109 cm³/mol. The van der Waals surface area contributed by atoms with Crippen LogP contribution >= 0.6 is 0 Å². The Labute approximate surface area is 191 Å². The van der Waals surface area contributed by atoms with Crippen LogP contribution in [0.25, 0.3) is 0 Å².